The van der Waals surface area contributed by atoms with Crippen LogP contribution in [0.5, 0.6) is 0 Å². The molecule has 0 N–H and O–H groups in total. The van der Waals surface area contributed by atoms with Gasteiger partial charge >= 0.3 is 0 Å². The van der Waals surface area contributed by atoms with Crippen molar-refractivity contribution in [1.29, 1.82) is 0 Å². The first-order valence-electron chi connectivity index (χ1n) is 4.15. The van der Waals surface area contributed by atoms with E-state index in [1.54, 1.807) is 0 Å². The lowest BCUT2D eigenvalue weighted by molar-refractivity contribution is 0.851. The van der Waals surface area contributed by atoms with Crippen molar-refractivity contribution in [2.24, 2.45) is 5.92 Å². The fourth-order valence-electron chi connectivity index (χ4n) is 1.29. The zero-order valence-corrected chi connectivity index (χ0v) is 7.81. The molecule has 0 fully saturated rings. The molecule has 0 bridgehead atoms. The molecule has 0 aliphatic heterocycles. The molecule has 1 rings (SSSR count). The molecule has 11 heavy (non-hydrogen) atoms. The molecule has 0 spiro atoms. The molecule has 0 saturated heterocycles. The van der Waals surface area contributed by atoms with Crippen molar-refractivity contribution in [3.63, 3.8) is 0 Å². The smallest absolute Gasteiger partial charge is 0.00455 e. The van der Waals surface area contributed by atoms with Crippen LogP contribution in [0.25, 0.3) is 0 Å². The van der Waals surface area contributed by atoms with Gasteiger partial charge in [0.15, 0.2) is 0 Å². The molecule has 0 aromatic heterocycles. The molecule has 60 valence electrons. The van der Waals surface area contributed by atoms with E-state index in [1.807, 2.05) is 0 Å². The van der Waals surface area contributed by atoms with Gasteiger partial charge < -0.3 is 0 Å². The second kappa shape index (κ2) is 3.08. The number of allylic oxidation sites excluding steroid dienone is 6. The third-order valence-electron chi connectivity index (χ3n) is 2.61. The van der Waals surface area contributed by atoms with Gasteiger partial charge in [0.1, 0.15) is 0 Å². The van der Waals surface area contributed by atoms with Crippen LogP contribution in [0.2, 0.25) is 0 Å². The highest BCUT2D eigenvalue weighted by molar-refractivity contribution is 5.38. The molecule has 0 aromatic carbocycles. The van der Waals surface area contributed by atoms with Crippen LogP contribution in [0.4, 0.5) is 0 Å². The van der Waals surface area contributed by atoms with Gasteiger partial charge in [-0.2, -0.15) is 0 Å². The Morgan fingerprint density at radius 3 is 2.45 bits per heavy atom. The molecule has 1 atom stereocenters. The van der Waals surface area contributed by atoms with Crippen molar-refractivity contribution < 1.29 is 0 Å². The SMILES string of the molecule is CC1=CC=CC(C)C(C)=C1C. The van der Waals surface area contributed by atoms with Crippen molar-refractivity contribution in [2.45, 2.75) is 27.7 Å². The van der Waals surface area contributed by atoms with E-state index < -0.39 is 0 Å². The molecular weight excluding hydrogens is 132 g/mol. The minimum atomic E-state index is 0.601. The van der Waals surface area contributed by atoms with E-state index in [4.69, 9.17) is 0 Å². The lowest BCUT2D eigenvalue weighted by atomic mass is 9.96. The van der Waals surface area contributed by atoms with E-state index in [0.29, 0.717) is 5.92 Å². The van der Waals surface area contributed by atoms with E-state index in [-0.39, 0.29) is 0 Å². The largest absolute Gasteiger partial charge is 0.0776 e. The summed E-state index contributed by atoms with van der Waals surface area (Å²) >= 11 is 0. The minimum absolute atomic E-state index is 0.601. The summed E-state index contributed by atoms with van der Waals surface area (Å²) in [6, 6.07) is 0. The first-order chi connectivity index (χ1) is 5.13. The number of hydrogen-bond donors (Lipinski definition) is 0. The van der Waals surface area contributed by atoms with Crippen LogP contribution in [0.3, 0.4) is 0 Å². The van der Waals surface area contributed by atoms with Crippen LogP contribution >= 0.6 is 0 Å². The van der Waals surface area contributed by atoms with Gasteiger partial charge in [-0.3, -0.25) is 0 Å². The Morgan fingerprint density at radius 2 is 1.82 bits per heavy atom. The van der Waals surface area contributed by atoms with E-state index >= 15 is 0 Å². The summed E-state index contributed by atoms with van der Waals surface area (Å²) in [5, 5.41) is 0. The Bertz CT molecular complexity index is 239. The predicted octanol–water partition coefficient (Wildman–Crippen LogP) is 3.48. The van der Waals surface area contributed by atoms with Gasteiger partial charge in [-0.25, -0.2) is 0 Å². The predicted molar refractivity (Wildman–Crippen MR) is 50.4 cm³/mol. The summed E-state index contributed by atoms with van der Waals surface area (Å²) in [6.45, 7) is 8.82. The van der Waals surface area contributed by atoms with E-state index in [9.17, 15) is 0 Å². The zero-order chi connectivity index (χ0) is 8.43. The number of hydrogen-bond acceptors (Lipinski definition) is 0. The third kappa shape index (κ3) is 1.62. The van der Waals surface area contributed by atoms with Crippen molar-refractivity contribution in [3.8, 4) is 0 Å². The topological polar surface area (TPSA) is 0 Å². The van der Waals surface area contributed by atoms with E-state index in [0.717, 1.165) is 0 Å². The maximum atomic E-state index is 2.25. The first-order valence-corrected chi connectivity index (χ1v) is 4.15. The van der Waals surface area contributed by atoms with Crippen LogP contribution in [-0.4, -0.2) is 0 Å². The lowest BCUT2D eigenvalue weighted by Gasteiger charge is -2.09. The second-order valence-corrected chi connectivity index (χ2v) is 3.33. The maximum Gasteiger partial charge on any atom is -0.00455 e. The molecule has 0 aromatic rings. The van der Waals surface area contributed by atoms with Crippen LogP contribution in [0.15, 0.2) is 34.9 Å². The Labute approximate surface area is 69.3 Å². The molecular formula is C11H16. The van der Waals surface area contributed by atoms with Crippen molar-refractivity contribution in [1.82, 2.24) is 0 Å². The zero-order valence-electron chi connectivity index (χ0n) is 7.81. The highest BCUT2D eigenvalue weighted by Crippen LogP contribution is 2.23. The van der Waals surface area contributed by atoms with Gasteiger partial charge in [-0.05, 0) is 37.8 Å². The van der Waals surface area contributed by atoms with Gasteiger partial charge in [-0.15, -0.1) is 0 Å². The normalized spacial score (nSPS) is 25.1. The molecule has 0 amide bonds. The highest BCUT2D eigenvalue weighted by Gasteiger charge is 2.06. The van der Waals surface area contributed by atoms with Crippen molar-refractivity contribution >= 4 is 0 Å². The average molecular weight is 148 g/mol. The third-order valence-corrected chi connectivity index (χ3v) is 2.61. The molecule has 0 saturated carbocycles. The fourth-order valence-corrected chi connectivity index (χ4v) is 1.29. The molecule has 0 nitrogen and oxygen atoms in total. The Balaban J connectivity index is 3.08. The summed E-state index contributed by atoms with van der Waals surface area (Å²) in [7, 11) is 0. The first kappa shape index (κ1) is 8.32. The van der Waals surface area contributed by atoms with Crippen molar-refractivity contribution in [2.75, 3.05) is 0 Å². The summed E-state index contributed by atoms with van der Waals surface area (Å²) < 4.78 is 0. The monoisotopic (exact) mass is 148 g/mol. The molecule has 1 aliphatic rings. The molecule has 0 heterocycles. The summed E-state index contributed by atoms with van der Waals surface area (Å²) in [5.74, 6) is 0.601. The van der Waals surface area contributed by atoms with Crippen LogP contribution < -0.4 is 0 Å². The molecule has 1 aliphatic carbocycles. The van der Waals surface area contributed by atoms with Crippen molar-refractivity contribution in [3.05, 3.63) is 34.9 Å². The van der Waals surface area contributed by atoms with Crippen LogP contribution in [-0.2, 0) is 0 Å². The molecule has 0 radical (unpaired) electrons. The van der Waals surface area contributed by atoms with Crippen LogP contribution in [0.1, 0.15) is 27.7 Å². The average Bonchev–Trinajstić information content (AvgIpc) is 2.07. The molecule has 1 unspecified atom stereocenters. The molecule has 0 heteroatoms. The van der Waals surface area contributed by atoms with Gasteiger partial charge in [0.05, 0.1) is 0 Å². The maximum absolute atomic E-state index is 2.25. The second-order valence-electron chi connectivity index (χ2n) is 3.33. The highest BCUT2D eigenvalue weighted by atomic mass is 14.1. The van der Waals surface area contributed by atoms with Crippen LogP contribution in [0, 0.1) is 5.92 Å². The van der Waals surface area contributed by atoms with E-state index in [1.165, 1.54) is 16.7 Å². The van der Waals surface area contributed by atoms with E-state index in [2.05, 4.69) is 45.9 Å². The number of rotatable bonds is 0. The minimum Gasteiger partial charge on any atom is -0.0776 e. The van der Waals surface area contributed by atoms with Gasteiger partial charge in [0, 0.05) is 0 Å². The fraction of sp³-hybridized carbons (Fsp3) is 0.455. The quantitative estimate of drug-likeness (QED) is 0.493. The Hall–Kier alpha value is -0.780. The van der Waals surface area contributed by atoms with Gasteiger partial charge in [0.25, 0.3) is 0 Å². The van der Waals surface area contributed by atoms with Gasteiger partial charge in [0.2, 0.25) is 0 Å². The summed E-state index contributed by atoms with van der Waals surface area (Å²) in [6.07, 6.45) is 6.58. The lowest BCUT2D eigenvalue weighted by Crippen LogP contribution is -1.93. The Morgan fingerprint density at radius 1 is 1.18 bits per heavy atom. The Kier molecular flexibility index (Phi) is 2.33. The summed E-state index contributed by atoms with van der Waals surface area (Å²) in [4.78, 5) is 0. The summed E-state index contributed by atoms with van der Waals surface area (Å²) in [5.41, 5.74) is 4.33. The standard InChI is InChI=1S/C11H16/c1-8-6-5-7-9(2)11(4)10(8)3/h5-8H,1-4H3. The van der Waals surface area contributed by atoms with Gasteiger partial charge in [-0.1, -0.05) is 30.7 Å².